The van der Waals surface area contributed by atoms with Gasteiger partial charge in [0.25, 0.3) is 0 Å². The molecule has 0 aliphatic carbocycles. The van der Waals surface area contributed by atoms with Gasteiger partial charge in [0.2, 0.25) is 5.95 Å². The lowest BCUT2D eigenvalue weighted by atomic mass is 10.2. The first kappa shape index (κ1) is 19.6. The lowest BCUT2D eigenvalue weighted by Crippen LogP contribution is -2.09. The van der Waals surface area contributed by atoms with Crippen LogP contribution < -0.4 is 10.6 Å². The van der Waals surface area contributed by atoms with Crippen LogP contribution in [0.3, 0.4) is 0 Å². The number of esters is 1. The fourth-order valence-corrected chi connectivity index (χ4v) is 2.92. The number of rotatable bonds is 6. The summed E-state index contributed by atoms with van der Waals surface area (Å²) in [5, 5.41) is 7.08. The van der Waals surface area contributed by atoms with Crippen molar-refractivity contribution in [3.05, 3.63) is 70.4 Å². The molecule has 2 N–H and O–H groups in total. The van der Waals surface area contributed by atoms with Gasteiger partial charge in [-0.15, -0.1) is 0 Å². The van der Waals surface area contributed by atoms with E-state index in [1.54, 1.807) is 25.1 Å². The van der Waals surface area contributed by atoms with Crippen LogP contribution in [-0.2, 0) is 4.74 Å². The minimum absolute atomic E-state index is 0.308. The van der Waals surface area contributed by atoms with Gasteiger partial charge in [0.05, 0.1) is 17.9 Å². The molecular weight excluding hydrogens is 376 g/mol. The van der Waals surface area contributed by atoms with Crippen LogP contribution in [-0.4, -0.2) is 22.5 Å². The van der Waals surface area contributed by atoms with Crippen LogP contribution in [0.5, 0.6) is 0 Å². The highest BCUT2D eigenvalue weighted by molar-refractivity contribution is 6.30. The number of ether oxygens (including phenoxy) is 1. The van der Waals surface area contributed by atoms with E-state index in [9.17, 15) is 4.79 Å². The van der Waals surface area contributed by atoms with Gasteiger partial charge in [-0.2, -0.15) is 4.98 Å². The molecule has 0 fully saturated rings. The van der Waals surface area contributed by atoms with Gasteiger partial charge in [-0.1, -0.05) is 23.7 Å². The summed E-state index contributed by atoms with van der Waals surface area (Å²) in [6.45, 7) is 5.93. The number of aryl methyl sites for hydroxylation is 2. The highest BCUT2D eigenvalue weighted by Crippen LogP contribution is 2.25. The number of benzene rings is 2. The van der Waals surface area contributed by atoms with Crippen LogP contribution >= 0.6 is 11.6 Å². The summed E-state index contributed by atoms with van der Waals surface area (Å²) < 4.78 is 5.11. The molecule has 3 rings (SSSR count). The van der Waals surface area contributed by atoms with E-state index in [0.29, 0.717) is 34.6 Å². The molecule has 28 heavy (non-hydrogen) atoms. The highest BCUT2D eigenvalue weighted by atomic mass is 35.5. The predicted molar refractivity (Wildman–Crippen MR) is 112 cm³/mol. The minimum atomic E-state index is -0.395. The largest absolute Gasteiger partial charge is 0.462 e. The summed E-state index contributed by atoms with van der Waals surface area (Å²) >= 11 is 6.02. The summed E-state index contributed by atoms with van der Waals surface area (Å²) in [5.41, 5.74) is 3.70. The van der Waals surface area contributed by atoms with E-state index in [2.05, 4.69) is 20.6 Å². The second-order valence-electron chi connectivity index (χ2n) is 6.19. The van der Waals surface area contributed by atoms with Crippen molar-refractivity contribution >= 4 is 40.7 Å². The van der Waals surface area contributed by atoms with E-state index in [1.165, 1.54) is 0 Å². The Morgan fingerprint density at radius 1 is 1.04 bits per heavy atom. The molecule has 0 spiro atoms. The zero-order chi connectivity index (χ0) is 20.1. The first-order valence-electron chi connectivity index (χ1n) is 8.88. The molecule has 0 atom stereocenters. The average molecular weight is 397 g/mol. The van der Waals surface area contributed by atoms with E-state index in [0.717, 1.165) is 16.9 Å². The van der Waals surface area contributed by atoms with Crippen molar-refractivity contribution in [3.63, 3.8) is 0 Å². The summed E-state index contributed by atoms with van der Waals surface area (Å²) in [6, 6.07) is 14.5. The first-order valence-corrected chi connectivity index (χ1v) is 9.26. The Balaban J connectivity index is 1.87. The summed E-state index contributed by atoms with van der Waals surface area (Å²) in [6.07, 6.45) is 0. The number of carbonyl (C=O) groups is 1. The fraction of sp³-hybridized carbons (Fsp3) is 0.190. The van der Waals surface area contributed by atoms with Crippen LogP contribution in [0, 0.1) is 13.8 Å². The Bertz CT molecular complexity index is 1010. The molecule has 0 saturated carbocycles. The number of hydrogen-bond donors (Lipinski definition) is 2. The minimum Gasteiger partial charge on any atom is -0.462 e. The predicted octanol–water partition coefficient (Wildman–Crippen LogP) is 5.41. The van der Waals surface area contributed by atoms with Crippen LogP contribution in [0.4, 0.5) is 23.1 Å². The topological polar surface area (TPSA) is 76.1 Å². The van der Waals surface area contributed by atoms with Gasteiger partial charge in [0.15, 0.2) is 0 Å². The van der Waals surface area contributed by atoms with Crippen molar-refractivity contribution in [3.8, 4) is 0 Å². The van der Waals surface area contributed by atoms with E-state index < -0.39 is 5.97 Å². The van der Waals surface area contributed by atoms with Crippen molar-refractivity contribution in [1.82, 2.24) is 9.97 Å². The van der Waals surface area contributed by atoms with Gasteiger partial charge in [-0.25, -0.2) is 9.78 Å². The molecule has 0 unspecified atom stereocenters. The number of anilines is 4. The second-order valence-corrected chi connectivity index (χ2v) is 6.63. The van der Waals surface area contributed by atoms with Gasteiger partial charge in [0, 0.05) is 22.5 Å². The maximum absolute atomic E-state index is 12.2. The Kier molecular flexibility index (Phi) is 6.11. The molecular formula is C21H21ClN4O2. The van der Waals surface area contributed by atoms with E-state index >= 15 is 0 Å². The fourth-order valence-electron chi connectivity index (χ4n) is 2.69. The van der Waals surface area contributed by atoms with Crippen molar-refractivity contribution in [2.45, 2.75) is 20.8 Å². The molecule has 0 saturated heterocycles. The number of aromatic nitrogens is 2. The third-order valence-electron chi connectivity index (χ3n) is 3.97. The quantitative estimate of drug-likeness (QED) is 0.542. The van der Waals surface area contributed by atoms with Crippen LogP contribution in [0.15, 0.2) is 48.5 Å². The zero-order valence-corrected chi connectivity index (χ0v) is 16.7. The third kappa shape index (κ3) is 4.78. The maximum atomic E-state index is 12.2. The molecule has 0 radical (unpaired) electrons. The number of para-hydroxylation sites is 1. The van der Waals surface area contributed by atoms with Gasteiger partial charge < -0.3 is 15.4 Å². The maximum Gasteiger partial charge on any atom is 0.340 e. The molecule has 0 amide bonds. The molecule has 1 aromatic heterocycles. The van der Waals surface area contributed by atoms with Crippen molar-refractivity contribution in [2.24, 2.45) is 0 Å². The molecule has 0 bridgehead atoms. The molecule has 144 valence electrons. The van der Waals surface area contributed by atoms with Crippen LogP contribution in [0.25, 0.3) is 0 Å². The molecule has 0 aliphatic heterocycles. The lowest BCUT2D eigenvalue weighted by Gasteiger charge is -2.13. The zero-order valence-electron chi connectivity index (χ0n) is 15.9. The van der Waals surface area contributed by atoms with Gasteiger partial charge in [-0.3, -0.25) is 0 Å². The Morgan fingerprint density at radius 3 is 2.57 bits per heavy atom. The van der Waals surface area contributed by atoms with Gasteiger partial charge in [-0.05, 0) is 56.7 Å². The van der Waals surface area contributed by atoms with Gasteiger partial charge in [0.1, 0.15) is 5.82 Å². The molecule has 2 aromatic carbocycles. The molecule has 1 heterocycles. The molecule has 0 aliphatic rings. The molecule has 3 aromatic rings. The van der Waals surface area contributed by atoms with Crippen molar-refractivity contribution in [1.29, 1.82) is 0 Å². The van der Waals surface area contributed by atoms with Gasteiger partial charge >= 0.3 is 5.97 Å². The molecule has 7 heteroatoms. The SMILES string of the molecule is CCOC(=O)c1ccccc1Nc1nc(C)cc(Nc2ccc(Cl)cc2C)n1. The lowest BCUT2D eigenvalue weighted by molar-refractivity contribution is 0.0527. The number of nitrogens with one attached hydrogen (secondary N) is 2. The van der Waals surface area contributed by atoms with E-state index in [4.69, 9.17) is 16.3 Å². The number of halogens is 1. The highest BCUT2D eigenvalue weighted by Gasteiger charge is 2.13. The Labute approximate surface area is 168 Å². The number of carbonyl (C=O) groups excluding carboxylic acids is 1. The van der Waals surface area contributed by atoms with Crippen molar-refractivity contribution < 1.29 is 9.53 Å². The summed E-state index contributed by atoms with van der Waals surface area (Å²) in [7, 11) is 0. The Hall–Kier alpha value is -3.12. The van der Waals surface area contributed by atoms with E-state index in [1.807, 2.05) is 44.2 Å². The standard InChI is InChI=1S/C21H21ClN4O2/c1-4-28-20(27)16-7-5-6-8-18(16)25-21-23-14(3)12-19(26-21)24-17-10-9-15(22)11-13(17)2/h5-12H,4H2,1-3H3,(H2,23,24,25,26). The number of hydrogen-bond acceptors (Lipinski definition) is 6. The monoisotopic (exact) mass is 396 g/mol. The molecule has 6 nitrogen and oxygen atoms in total. The average Bonchev–Trinajstić information content (AvgIpc) is 2.64. The van der Waals surface area contributed by atoms with Crippen LogP contribution in [0.1, 0.15) is 28.5 Å². The summed E-state index contributed by atoms with van der Waals surface area (Å²) in [5.74, 6) is 0.619. The first-order chi connectivity index (χ1) is 13.5. The number of nitrogens with zero attached hydrogens (tertiary/aromatic N) is 2. The van der Waals surface area contributed by atoms with E-state index in [-0.39, 0.29) is 0 Å². The third-order valence-corrected chi connectivity index (χ3v) is 4.21. The van der Waals surface area contributed by atoms with Crippen molar-refractivity contribution in [2.75, 3.05) is 17.2 Å². The smallest absolute Gasteiger partial charge is 0.340 e. The normalized spacial score (nSPS) is 10.4. The Morgan fingerprint density at radius 2 is 1.82 bits per heavy atom. The summed E-state index contributed by atoms with van der Waals surface area (Å²) in [4.78, 5) is 21.1. The second kappa shape index (κ2) is 8.71. The van der Waals surface area contributed by atoms with Crippen LogP contribution in [0.2, 0.25) is 5.02 Å².